The first-order chi connectivity index (χ1) is 8.65. The molecule has 100 valence electrons. The van der Waals surface area contributed by atoms with Crippen LogP contribution in [0, 0.1) is 10.1 Å². The predicted molar refractivity (Wildman–Crippen MR) is 67.8 cm³/mol. The Kier molecular flexibility index (Phi) is 5.25. The van der Waals surface area contributed by atoms with Crippen LogP contribution < -0.4 is 10.2 Å². The summed E-state index contributed by atoms with van der Waals surface area (Å²) in [5, 5.41) is 22.6. The molecule has 1 aromatic rings. The summed E-state index contributed by atoms with van der Waals surface area (Å²) in [7, 11) is 1.57. The van der Waals surface area contributed by atoms with Gasteiger partial charge in [0.25, 0.3) is 0 Å². The number of aliphatic hydroxyl groups excluding tert-OH is 1. The Bertz CT molecular complexity index is 412. The topological polar surface area (TPSA) is 104 Å². The molecular weight excluding hydrogens is 238 g/mol. The van der Waals surface area contributed by atoms with Crippen LogP contribution >= 0.6 is 0 Å². The molecule has 8 heteroatoms. The maximum atomic E-state index is 11.1. The van der Waals surface area contributed by atoms with Gasteiger partial charge in [-0.1, -0.05) is 0 Å². The number of nitro groups is 1. The van der Waals surface area contributed by atoms with Crippen molar-refractivity contribution in [2.45, 2.75) is 13.3 Å². The molecule has 1 heterocycles. The summed E-state index contributed by atoms with van der Waals surface area (Å²) in [5.41, 5.74) is -0.139. The third-order valence-corrected chi connectivity index (χ3v) is 2.49. The van der Waals surface area contributed by atoms with Crippen molar-refractivity contribution < 1.29 is 10.0 Å². The average molecular weight is 255 g/mol. The van der Waals surface area contributed by atoms with Gasteiger partial charge in [-0.3, -0.25) is 10.1 Å². The van der Waals surface area contributed by atoms with E-state index in [-0.39, 0.29) is 23.9 Å². The van der Waals surface area contributed by atoms with Gasteiger partial charge in [0, 0.05) is 26.7 Å². The lowest BCUT2D eigenvalue weighted by Gasteiger charge is -2.21. The van der Waals surface area contributed by atoms with Crippen LogP contribution in [0.15, 0.2) is 6.33 Å². The summed E-state index contributed by atoms with van der Waals surface area (Å²) in [6.07, 6.45) is 1.82. The Hall–Kier alpha value is -1.96. The van der Waals surface area contributed by atoms with Gasteiger partial charge < -0.3 is 15.3 Å². The smallest absolute Gasteiger partial charge is 0.353 e. The molecule has 8 nitrogen and oxygen atoms in total. The van der Waals surface area contributed by atoms with Gasteiger partial charge >= 0.3 is 5.69 Å². The van der Waals surface area contributed by atoms with Gasteiger partial charge in [-0.15, -0.1) is 0 Å². The third-order valence-electron chi connectivity index (χ3n) is 2.49. The standard InChI is InChI=1S/C10H17N5O3/c1-3-14(5-4-6-16)10-8(15(17)18)9(11-2)12-7-13-10/h7,16H,3-6H2,1-2H3,(H,11,12,13). The fourth-order valence-corrected chi connectivity index (χ4v) is 1.63. The van der Waals surface area contributed by atoms with E-state index in [0.717, 1.165) is 0 Å². The van der Waals surface area contributed by atoms with Gasteiger partial charge in [-0.05, 0) is 13.3 Å². The second-order valence-electron chi connectivity index (χ2n) is 3.56. The molecule has 0 atom stereocenters. The molecule has 2 N–H and O–H groups in total. The fraction of sp³-hybridized carbons (Fsp3) is 0.600. The lowest BCUT2D eigenvalue weighted by molar-refractivity contribution is -0.383. The maximum absolute atomic E-state index is 11.1. The average Bonchev–Trinajstić information content (AvgIpc) is 2.38. The van der Waals surface area contributed by atoms with Crippen LogP contribution in [0.2, 0.25) is 0 Å². The lowest BCUT2D eigenvalue weighted by atomic mass is 10.3. The van der Waals surface area contributed by atoms with Crippen LogP contribution in [0.5, 0.6) is 0 Å². The van der Waals surface area contributed by atoms with Crippen molar-refractivity contribution in [2.24, 2.45) is 0 Å². The van der Waals surface area contributed by atoms with E-state index in [1.807, 2.05) is 6.92 Å². The van der Waals surface area contributed by atoms with Crippen molar-refractivity contribution >= 4 is 17.3 Å². The molecule has 0 fully saturated rings. The van der Waals surface area contributed by atoms with E-state index in [0.29, 0.717) is 19.5 Å². The lowest BCUT2D eigenvalue weighted by Crippen LogP contribution is -2.27. The maximum Gasteiger partial charge on any atom is 0.353 e. The molecule has 0 aliphatic rings. The number of rotatable bonds is 7. The van der Waals surface area contributed by atoms with E-state index >= 15 is 0 Å². The number of aromatic nitrogens is 2. The van der Waals surface area contributed by atoms with Crippen molar-refractivity contribution in [3.8, 4) is 0 Å². The van der Waals surface area contributed by atoms with Crippen LogP contribution in [0.25, 0.3) is 0 Å². The molecular formula is C10H17N5O3. The first-order valence-corrected chi connectivity index (χ1v) is 5.68. The van der Waals surface area contributed by atoms with Crippen molar-refractivity contribution in [3.63, 3.8) is 0 Å². The van der Waals surface area contributed by atoms with Crippen molar-refractivity contribution in [1.82, 2.24) is 9.97 Å². The monoisotopic (exact) mass is 255 g/mol. The number of aliphatic hydroxyl groups is 1. The van der Waals surface area contributed by atoms with Crippen LogP contribution in [-0.2, 0) is 0 Å². The molecule has 0 spiro atoms. The number of anilines is 2. The van der Waals surface area contributed by atoms with Crippen molar-refractivity contribution in [2.75, 3.05) is 37.0 Å². The minimum Gasteiger partial charge on any atom is -0.396 e. The Morgan fingerprint density at radius 3 is 2.78 bits per heavy atom. The fourth-order valence-electron chi connectivity index (χ4n) is 1.63. The predicted octanol–water partition coefficient (Wildman–Crippen LogP) is 0.635. The van der Waals surface area contributed by atoms with E-state index in [4.69, 9.17) is 5.11 Å². The first kappa shape index (κ1) is 14.1. The van der Waals surface area contributed by atoms with Gasteiger partial charge in [0.15, 0.2) is 0 Å². The summed E-state index contributed by atoms with van der Waals surface area (Å²) in [6.45, 7) is 2.99. The number of hydrogen-bond donors (Lipinski definition) is 2. The van der Waals surface area contributed by atoms with E-state index in [1.165, 1.54) is 6.33 Å². The summed E-state index contributed by atoms with van der Waals surface area (Å²) < 4.78 is 0. The Labute approximate surface area is 105 Å². The number of hydrogen-bond acceptors (Lipinski definition) is 7. The molecule has 0 aliphatic carbocycles. The molecule has 0 amide bonds. The quantitative estimate of drug-likeness (QED) is 0.544. The van der Waals surface area contributed by atoms with Gasteiger partial charge in [-0.25, -0.2) is 9.97 Å². The molecule has 0 saturated carbocycles. The highest BCUT2D eigenvalue weighted by Gasteiger charge is 2.25. The van der Waals surface area contributed by atoms with Gasteiger partial charge in [0.05, 0.1) is 4.92 Å². The molecule has 0 saturated heterocycles. The normalized spacial score (nSPS) is 10.2. The van der Waals surface area contributed by atoms with Crippen molar-refractivity contribution in [1.29, 1.82) is 0 Å². The highest BCUT2D eigenvalue weighted by Crippen LogP contribution is 2.31. The summed E-state index contributed by atoms with van der Waals surface area (Å²) in [4.78, 5) is 20.2. The Balaban J connectivity index is 3.16. The largest absolute Gasteiger partial charge is 0.396 e. The zero-order chi connectivity index (χ0) is 13.5. The third kappa shape index (κ3) is 3.04. The summed E-state index contributed by atoms with van der Waals surface area (Å²) >= 11 is 0. The summed E-state index contributed by atoms with van der Waals surface area (Å²) in [5.74, 6) is 0.461. The summed E-state index contributed by atoms with van der Waals surface area (Å²) in [6, 6.07) is 0. The Morgan fingerprint density at radius 1 is 1.56 bits per heavy atom. The van der Waals surface area contributed by atoms with Gasteiger partial charge in [-0.2, -0.15) is 0 Å². The molecule has 0 unspecified atom stereocenters. The minimum absolute atomic E-state index is 0.0360. The first-order valence-electron chi connectivity index (χ1n) is 5.68. The highest BCUT2D eigenvalue weighted by molar-refractivity contribution is 5.70. The second kappa shape index (κ2) is 6.70. The second-order valence-corrected chi connectivity index (χ2v) is 3.56. The van der Waals surface area contributed by atoms with Crippen LogP contribution in [0.1, 0.15) is 13.3 Å². The molecule has 1 aromatic heterocycles. The van der Waals surface area contributed by atoms with E-state index < -0.39 is 4.92 Å². The Morgan fingerprint density at radius 2 is 2.28 bits per heavy atom. The molecule has 0 bridgehead atoms. The SMILES string of the molecule is CCN(CCCO)c1ncnc(NC)c1[N+](=O)[O-]. The van der Waals surface area contributed by atoms with E-state index in [9.17, 15) is 10.1 Å². The number of nitrogens with one attached hydrogen (secondary N) is 1. The van der Waals surface area contributed by atoms with Crippen LogP contribution in [0.3, 0.4) is 0 Å². The molecule has 0 aliphatic heterocycles. The van der Waals surface area contributed by atoms with Crippen LogP contribution in [-0.4, -0.2) is 46.7 Å². The minimum atomic E-state index is -0.497. The van der Waals surface area contributed by atoms with Crippen LogP contribution in [0.4, 0.5) is 17.3 Å². The van der Waals surface area contributed by atoms with Crippen molar-refractivity contribution in [3.05, 3.63) is 16.4 Å². The van der Waals surface area contributed by atoms with E-state index in [2.05, 4.69) is 15.3 Å². The van der Waals surface area contributed by atoms with E-state index in [1.54, 1.807) is 11.9 Å². The molecule has 18 heavy (non-hydrogen) atoms. The highest BCUT2D eigenvalue weighted by atomic mass is 16.6. The van der Waals surface area contributed by atoms with Gasteiger partial charge in [0.2, 0.25) is 11.6 Å². The molecule has 1 rings (SSSR count). The molecule has 0 aromatic carbocycles. The zero-order valence-electron chi connectivity index (χ0n) is 10.5. The van der Waals surface area contributed by atoms with Gasteiger partial charge in [0.1, 0.15) is 6.33 Å². The number of nitrogens with zero attached hydrogens (tertiary/aromatic N) is 4. The zero-order valence-corrected chi connectivity index (χ0v) is 10.5. The molecule has 0 radical (unpaired) electrons.